The Balaban J connectivity index is 1.37. The molecule has 29 heavy (non-hydrogen) atoms. The van der Waals surface area contributed by atoms with Crippen molar-refractivity contribution in [2.45, 2.75) is 49.8 Å². The second-order valence-corrected chi connectivity index (χ2v) is 9.69. The van der Waals surface area contributed by atoms with E-state index in [1.165, 1.54) is 0 Å². The van der Waals surface area contributed by atoms with E-state index in [1.54, 1.807) is 12.1 Å². The molecular formula is C19H24N4O5S. The van der Waals surface area contributed by atoms with Gasteiger partial charge in [-0.2, -0.15) is 5.10 Å². The van der Waals surface area contributed by atoms with Crippen molar-refractivity contribution < 1.29 is 22.7 Å². The zero-order valence-electron chi connectivity index (χ0n) is 16.3. The number of benzene rings is 1. The van der Waals surface area contributed by atoms with Crippen LogP contribution in [0.15, 0.2) is 29.2 Å². The number of ether oxygens (including phenoxy) is 2. The van der Waals surface area contributed by atoms with Gasteiger partial charge in [0.05, 0.1) is 22.9 Å². The first-order chi connectivity index (χ1) is 13.8. The summed E-state index contributed by atoms with van der Waals surface area (Å²) in [7, 11) is -3.13. The minimum atomic E-state index is -3.13. The first kappa shape index (κ1) is 19.7. The Bertz CT molecular complexity index is 1020. The minimum Gasteiger partial charge on any atom is -0.444 e. The second kappa shape index (κ2) is 7.68. The summed E-state index contributed by atoms with van der Waals surface area (Å²) in [4.78, 5) is 12.1. The lowest BCUT2D eigenvalue weighted by atomic mass is 10.1. The number of nitrogens with one attached hydrogen (secondary N) is 3. The lowest BCUT2D eigenvalue weighted by Gasteiger charge is -2.13. The van der Waals surface area contributed by atoms with Crippen LogP contribution in [-0.4, -0.2) is 49.2 Å². The average Bonchev–Trinajstić information content (AvgIpc) is 3.34. The summed E-state index contributed by atoms with van der Waals surface area (Å²) in [6.45, 7) is 4.07. The van der Waals surface area contributed by atoms with Gasteiger partial charge in [0.15, 0.2) is 15.7 Å². The molecule has 1 aromatic heterocycles. The van der Waals surface area contributed by atoms with E-state index in [-0.39, 0.29) is 24.0 Å². The highest BCUT2D eigenvalue weighted by Crippen LogP contribution is 2.32. The molecule has 0 spiro atoms. The maximum absolute atomic E-state index is 11.9. The molecular weight excluding hydrogens is 396 g/mol. The number of aromatic nitrogens is 2. The molecule has 0 saturated carbocycles. The number of alkyl carbamates (subject to hydrolysis) is 1. The van der Waals surface area contributed by atoms with Crippen LogP contribution in [0.1, 0.15) is 37.6 Å². The smallest absolute Gasteiger partial charge is 0.407 e. The molecule has 2 atom stereocenters. The predicted molar refractivity (Wildman–Crippen MR) is 106 cm³/mol. The van der Waals surface area contributed by atoms with Crippen LogP contribution in [0.4, 0.5) is 16.3 Å². The third kappa shape index (κ3) is 4.38. The molecule has 2 aliphatic rings. The number of aromatic amines is 1. The summed E-state index contributed by atoms with van der Waals surface area (Å²) in [5.41, 5.74) is 2.38. The summed E-state index contributed by atoms with van der Waals surface area (Å²) in [6, 6.07) is 7.07. The molecule has 1 fully saturated rings. The molecule has 0 aliphatic carbocycles. The number of nitrogens with zero attached hydrogens (tertiary/aromatic N) is 1. The molecule has 2 unspecified atom stereocenters. The van der Waals surface area contributed by atoms with Crippen LogP contribution < -0.4 is 10.6 Å². The highest BCUT2D eigenvalue weighted by Gasteiger charge is 2.31. The maximum Gasteiger partial charge on any atom is 0.407 e. The fourth-order valence-corrected chi connectivity index (χ4v) is 5.09. The number of hydrogen-bond donors (Lipinski definition) is 3. The zero-order valence-corrected chi connectivity index (χ0v) is 17.1. The molecule has 4 rings (SSSR count). The van der Waals surface area contributed by atoms with E-state index >= 15 is 0 Å². The molecule has 1 amide bonds. The number of hydrogen-bond acceptors (Lipinski definition) is 7. The van der Waals surface area contributed by atoms with Crippen LogP contribution in [0.3, 0.4) is 0 Å². The summed E-state index contributed by atoms with van der Waals surface area (Å²) >= 11 is 0. The van der Waals surface area contributed by atoms with Crippen LogP contribution in [0.5, 0.6) is 0 Å². The maximum atomic E-state index is 11.9. The predicted octanol–water partition coefficient (Wildman–Crippen LogP) is 2.45. The number of rotatable bonds is 5. The number of amides is 1. The monoisotopic (exact) mass is 420 g/mol. The van der Waals surface area contributed by atoms with Crippen molar-refractivity contribution in [3.8, 4) is 0 Å². The van der Waals surface area contributed by atoms with Gasteiger partial charge >= 0.3 is 6.09 Å². The van der Waals surface area contributed by atoms with Crippen LogP contribution in [0, 0.1) is 0 Å². The standard InChI is InChI=1S/C19H24N4O5S/c1-11(2)20-19(24)28-14-8-16(27-10-14)15-9-18(23-22-15)21-13-3-4-17-12(7-13)5-6-29(17,25)26/h3-4,7,9,11,14,16H,5-6,8,10H2,1-2H3,(H,20,24)(H2,21,22,23). The molecule has 0 bridgehead atoms. The molecule has 2 aromatic rings. The van der Waals surface area contributed by atoms with Crippen LogP contribution in [0.25, 0.3) is 0 Å². The van der Waals surface area contributed by atoms with E-state index < -0.39 is 15.9 Å². The Morgan fingerprint density at radius 1 is 1.34 bits per heavy atom. The SMILES string of the molecule is CC(C)NC(=O)OC1COC(c2cc(Nc3ccc4c(c3)CCS4(=O)=O)n[nH]2)C1. The van der Waals surface area contributed by atoms with Gasteiger partial charge in [0, 0.05) is 24.2 Å². The van der Waals surface area contributed by atoms with Crippen LogP contribution in [-0.2, 0) is 25.7 Å². The molecule has 156 valence electrons. The van der Waals surface area contributed by atoms with Gasteiger partial charge in [-0.3, -0.25) is 5.10 Å². The lowest BCUT2D eigenvalue weighted by molar-refractivity contribution is 0.0682. The molecule has 3 N–H and O–H groups in total. The van der Waals surface area contributed by atoms with Crippen molar-refractivity contribution in [2.24, 2.45) is 0 Å². The van der Waals surface area contributed by atoms with E-state index in [1.807, 2.05) is 26.0 Å². The Hall–Kier alpha value is -2.59. The van der Waals surface area contributed by atoms with Crippen LogP contribution >= 0.6 is 0 Å². The highest BCUT2D eigenvalue weighted by molar-refractivity contribution is 7.91. The lowest BCUT2D eigenvalue weighted by Crippen LogP contribution is -2.33. The van der Waals surface area contributed by atoms with E-state index in [0.29, 0.717) is 30.2 Å². The minimum absolute atomic E-state index is 0.0150. The topological polar surface area (TPSA) is 122 Å². The summed E-state index contributed by atoms with van der Waals surface area (Å²) < 4.78 is 35.0. The molecule has 1 aromatic carbocycles. The van der Waals surface area contributed by atoms with Crippen molar-refractivity contribution in [1.29, 1.82) is 0 Å². The highest BCUT2D eigenvalue weighted by atomic mass is 32.2. The largest absolute Gasteiger partial charge is 0.444 e. The number of H-pyrrole nitrogens is 1. The first-order valence-corrected chi connectivity index (χ1v) is 11.2. The Morgan fingerprint density at radius 3 is 2.97 bits per heavy atom. The number of anilines is 2. The number of fused-ring (bicyclic) bond motifs is 1. The van der Waals surface area contributed by atoms with Crippen molar-refractivity contribution >= 4 is 27.4 Å². The zero-order chi connectivity index (χ0) is 20.6. The average molecular weight is 420 g/mol. The summed E-state index contributed by atoms with van der Waals surface area (Å²) in [6.07, 6.45) is 0.0851. The Kier molecular flexibility index (Phi) is 5.22. The molecule has 2 aliphatic heterocycles. The fourth-order valence-electron chi connectivity index (χ4n) is 3.54. The number of sulfone groups is 1. The van der Waals surface area contributed by atoms with Crippen molar-refractivity contribution in [3.05, 3.63) is 35.5 Å². The molecule has 10 heteroatoms. The quantitative estimate of drug-likeness (QED) is 0.679. The molecule has 3 heterocycles. The summed E-state index contributed by atoms with van der Waals surface area (Å²) in [5.74, 6) is 0.766. The first-order valence-electron chi connectivity index (χ1n) is 9.57. The van der Waals surface area contributed by atoms with Gasteiger partial charge < -0.3 is 20.1 Å². The van der Waals surface area contributed by atoms with Crippen molar-refractivity contribution in [3.63, 3.8) is 0 Å². The van der Waals surface area contributed by atoms with Gasteiger partial charge in [-0.15, -0.1) is 0 Å². The number of carbonyl (C=O) groups is 1. The van der Waals surface area contributed by atoms with Gasteiger partial charge in [-0.1, -0.05) is 0 Å². The van der Waals surface area contributed by atoms with E-state index in [4.69, 9.17) is 9.47 Å². The Labute approximate surface area is 169 Å². The van der Waals surface area contributed by atoms with E-state index in [0.717, 1.165) is 16.9 Å². The second-order valence-electron chi connectivity index (χ2n) is 7.61. The number of carbonyl (C=O) groups excluding carboxylic acids is 1. The third-order valence-electron chi connectivity index (χ3n) is 4.89. The van der Waals surface area contributed by atoms with Crippen molar-refractivity contribution in [2.75, 3.05) is 17.7 Å². The van der Waals surface area contributed by atoms with Crippen molar-refractivity contribution in [1.82, 2.24) is 15.5 Å². The normalized spacial score (nSPS) is 22.4. The third-order valence-corrected chi connectivity index (χ3v) is 6.70. The van der Waals surface area contributed by atoms with Gasteiger partial charge in [0.25, 0.3) is 0 Å². The van der Waals surface area contributed by atoms with Gasteiger partial charge in [0.2, 0.25) is 0 Å². The molecule has 9 nitrogen and oxygen atoms in total. The van der Waals surface area contributed by atoms with Gasteiger partial charge in [-0.05, 0) is 44.0 Å². The Morgan fingerprint density at radius 2 is 2.17 bits per heavy atom. The van der Waals surface area contributed by atoms with Gasteiger partial charge in [-0.25, -0.2) is 13.2 Å². The van der Waals surface area contributed by atoms with Gasteiger partial charge in [0.1, 0.15) is 12.2 Å². The summed E-state index contributed by atoms with van der Waals surface area (Å²) in [5, 5.41) is 13.1. The fraction of sp³-hybridized carbons (Fsp3) is 0.474. The van der Waals surface area contributed by atoms with E-state index in [9.17, 15) is 13.2 Å². The molecule has 1 saturated heterocycles. The van der Waals surface area contributed by atoms with Crippen LogP contribution in [0.2, 0.25) is 0 Å². The van der Waals surface area contributed by atoms with E-state index in [2.05, 4.69) is 20.8 Å². The number of aryl methyl sites for hydroxylation is 1. The molecule has 0 radical (unpaired) electrons.